The zero-order valence-electron chi connectivity index (χ0n) is 34.4. The van der Waals surface area contributed by atoms with Crippen molar-refractivity contribution in [1.82, 2.24) is 34.5 Å². The van der Waals surface area contributed by atoms with Gasteiger partial charge >= 0.3 is 0 Å². The van der Waals surface area contributed by atoms with Gasteiger partial charge in [0, 0.05) is 50.5 Å². The van der Waals surface area contributed by atoms with Crippen LogP contribution < -0.4 is 4.90 Å². The van der Waals surface area contributed by atoms with Crippen LogP contribution >= 0.6 is 0 Å². The summed E-state index contributed by atoms with van der Waals surface area (Å²) in [6.07, 6.45) is 3.60. The van der Waals surface area contributed by atoms with E-state index < -0.39 is 0 Å². The second kappa shape index (κ2) is 13.3. The van der Waals surface area contributed by atoms with Crippen LogP contribution in [0.4, 0.5) is 17.3 Å². The molecular formula is C55H36N8. The van der Waals surface area contributed by atoms with Gasteiger partial charge in [0.2, 0.25) is 11.9 Å². The largest absolute Gasteiger partial charge is 0.278 e. The van der Waals surface area contributed by atoms with Crippen molar-refractivity contribution in [3.05, 3.63) is 193 Å². The van der Waals surface area contributed by atoms with Crippen molar-refractivity contribution in [2.45, 2.75) is 19.3 Å². The van der Waals surface area contributed by atoms with E-state index in [1.807, 2.05) is 12.1 Å². The first-order valence-electron chi connectivity index (χ1n) is 21.2. The van der Waals surface area contributed by atoms with Crippen LogP contribution in [-0.4, -0.2) is 34.5 Å². The second-order valence-electron chi connectivity index (χ2n) is 16.8. The van der Waals surface area contributed by atoms with Crippen LogP contribution in [0.2, 0.25) is 0 Å². The summed E-state index contributed by atoms with van der Waals surface area (Å²) in [4.78, 5) is 33.3. The summed E-state index contributed by atoms with van der Waals surface area (Å²) in [5.41, 5.74) is 10.8. The Bertz CT molecular complexity index is 3870. The number of para-hydroxylation sites is 2. The minimum absolute atomic E-state index is 0.372. The summed E-state index contributed by atoms with van der Waals surface area (Å²) >= 11 is 0. The van der Waals surface area contributed by atoms with E-state index in [1.165, 1.54) is 16.3 Å². The quantitative estimate of drug-likeness (QED) is 0.175. The van der Waals surface area contributed by atoms with Crippen molar-refractivity contribution in [1.29, 1.82) is 0 Å². The number of hydrogen-bond donors (Lipinski definition) is 0. The van der Waals surface area contributed by atoms with E-state index in [0.717, 1.165) is 82.8 Å². The van der Waals surface area contributed by atoms with Gasteiger partial charge in [-0.25, -0.2) is 19.9 Å². The van der Waals surface area contributed by atoms with Crippen LogP contribution in [0.25, 0.3) is 93.9 Å². The van der Waals surface area contributed by atoms with E-state index in [4.69, 9.17) is 29.9 Å². The van der Waals surface area contributed by atoms with Gasteiger partial charge in [0.1, 0.15) is 0 Å². The van der Waals surface area contributed by atoms with Gasteiger partial charge in [0.05, 0.1) is 33.8 Å². The molecule has 0 spiro atoms. The normalized spacial score (nSPS) is 13.3. The average Bonchev–Trinajstić information content (AvgIpc) is 3.66. The van der Waals surface area contributed by atoms with Gasteiger partial charge in [0.15, 0.2) is 11.3 Å². The summed E-state index contributed by atoms with van der Waals surface area (Å²) in [6.45, 7) is 4.62. The van der Waals surface area contributed by atoms with Crippen LogP contribution in [0, 0.1) is 0 Å². The number of pyridine rings is 2. The highest BCUT2D eigenvalue weighted by Crippen LogP contribution is 2.53. The summed E-state index contributed by atoms with van der Waals surface area (Å²) in [7, 11) is 0. The molecule has 0 N–H and O–H groups in total. The van der Waals surface area contributed by atoms with Gasteiger partial charge in [-0.2, -0.15) is 9.97 Å². The van der Waals surface area contributed by atoms with E-state index in [1.54, 1.807) is 12.4 Å². The molecule has 0 radical (unpaired) electrons. The van der Waals surface area contributed by atoms with Crippen molar-refractivity contribution in [3.63, 3.8) is 0 Å². The molecule has 0 amide bonds. The number of hydrogen-bond acceptors (Lipinski definition) is 7. The van der Waals surface area contributed by atoms with Gasteiger partial charge in [-0.05, 0) is 93.3 Å². The van der Waals surface area contributed by atoms with Crippen LogP contribution in [0.3, 0.4) is 0 Å². The lowest BCUT2D eigenvalue weighted by Gasteiger charge is -2.41. The minimum atomic E-state index is -0.372. The molecule has 1 aliphatic rings. The van der Waals surface area contributed by atoms with Crippen molar-refractivity contribution in [2.75, 3.05) is 4.90 Å². The van der Waals surface area contributed by atoms with Crippen LogP contribution in [-0.2, 0) is 5.41 Å². The van der Waals surface area contributed by atoms with E-state index in [9.17, 15) is 0 Å². The third kappa shape index (κ3) is 5.34. The molecule has 0 fully saturated rings. The molecule has 8 heteroatoms. The van der Waals surface area contributed by atoms with Gasteiger partial charge in [-0.3, -0.25) is 9.47 Å². The molecule has 63 heavy (non-hydrogen) atoms. The van der Waals surface area contributed by atoms with Crippen LogP contribution in [0.15, 0.2) is 182 Å². The summed E-state index contributed by atoms with van der Waals surface area (Å²) < 4.78 is 2.19. The summed E-state index contributed by atoms with van der Waals surface area (Å²) in [6, 6.07) is 59.7. The monoisotopic (exact) mass is 808 g/mol. The first-order chi connectivity index (χ1) is 31.0. The maximum Gasteiger partial charge on any atom is 0.237 e. The Morgan fingerprint density at radius 2 is 0.952 bits per heavy atom. The Kier molecular flexibility index (Phi) is 7.48. The second-order valence-corrected chi connectivity index (χ2v) is 16.8. The lowest BCUT2D eigenvalue weighted by molar-refractivity contribution is 0.632. The predicted molar refractivity (Wildman–Crippen MR) is 255 cm³/mol. The zero-order valence-corrected chi connectivity index (χ0v) is 34.4. The fourth-order valence-electron chi connectivity index (χ4n) is 9.81. The Morgan fingerprint density at radius 1 is 0.397 bits per heavy atom. The zero-order chi connectivity index (χ0) is 41.8. The predicted octanol–water partition coefficient (Wildman–Crippen LogP) is 13.2. The highest BCUT2D eigenvalue weighted by molar-refractivity contribution is 6.11. The molecule has 8 nitrogen and oxygen atoms in total. The standard InChI is InChI=1S/C55H36N8/c1-55(2)43-20-8-10-22-46(43)63(54-59-50(41-19-12-28-57-52(41)61-54)38-26-24-34-14-4-6-16-36(34)30-38)48-32-47-42(31-44(48)55)39-17-7-9-21-45(39)62(47)53-58-49(40-18-11-27-56-51(40)60-53)37-25-23-33-13-3-5-15-35(33)29-37/h3-32H,1-2H3. The number of anilines is 3. The number of fused-ring (bicyclic) bond motifs is 9. The third-order valence-corrected chi connectivity index (χ3v) is 12.9. The van der Waals surface area contributed by atoms with Crippen LogP contribution in [0.1, 0.15) is 25.0 Å². The fourth-order valence-corrected chi connectivity index (χ4v) is 9.81. The molecule has 0 saturated heterocycles. The van der Waals surface area contributed by atoms with E-state index in [0.29, 0.717) is 23.2 Å². The molecule has 5 aromatic heterocycles. The minimum Gasteiger partial charge on any atom is -0.278 e. The summed E-state index contributed by atoms with van der Waals surface area (Å²) in [5.74, 6) is 1.09. The smallest absolute Gasteiger partial charge is 0.237 e. The number of nitrogens with zero attached hydrogens (tertiary/aromatic N) is 8. The Hall–Kier alpha value is -8.36. The van der Waals surface area contributed by atoms with E-state index >= 15 is 0 Å². The molecule has 1 aliphatic heterocycles. The van der Waals surface area contributed by atoms with Gasteiger partial charge in [-0.1, -0.05) is 123 Å². The Balaban J connectivity index is 1.09. The molecule has 0 unspecified atom stereocenters. The Labute approximate surface area is 361 Å². The maximum atomic E-state index is 5.49. The van der Waals surface area contributed by atoms with Crippen molar-refractivity contribution >= 4 is 82.7 Å². The van der Waals surface area contributed by atoms with Gasteiger partial charge in [0.25, 0.3) is 0 Å². The van der Waals surface area contributed by atoms with Crippen molar-refractivity contribution in [3.8, 4) is 28.5 Å². The van der Waals surface area contributed by atoms with Crippen molar-refractivity contribution in [2.24, 2.45) is 0 Å². The lowest BCUT2D eigenvalue weighted by Crippen LogP contribution is -2.31. The molecule has 0 saturated carbocycles. The molecule has 0 aliphatic carbocycles. The Morgan fingerprint density at radius 3 is 1.63 bits per heavy atom. The molecule has 6 heterocycles. The summed E-state index contributed by atoms with van der Waals surface area (Å²) in [5, 5.41) is 8.64. The number of aromatic nitrogens is 7. The number of benzene rings is 7. The average molecular weight is 809 g/mol. The lowest BCUT2D eigenvalue weighted by atomic mass is 9.73. The molecular weight excluding hydrogens is 773 g/mol. The third-order valence-electron chi connectivity index (χ3n) is 12.9. The van der Waals surface area contributed by atoms with Gasteiger partial charge in [-0.15, -0.1) is 0 Å². The van der Waals surface area contributed by atoms with Crippen molar-refractivity contribution < 1.29 is 0 Å². The SMILES string of the molecule is CC1(C)c2ccccc2N(c2nc(-c3ccc4ccccc4c3)c3cccnc3n2)c2cc3c(cc21)c1ccccc1n3-c1nc(-c2ccc3ccccc3c2)c2cccnc2n1. The number of rotatable bonds is 4. The first kappa shape index (κ1) is 35.4. The topological polar surface area (TPSA) is 85.5 Å². The highest BCUT2D eigenvalue weighted by Gasteiger charge is 2.39. The molecule has 296 valence electrons. The van der Waals surface area contributed by atoms with Gasteiger partial charge < -0.3 is 0 Å². The molecule has 0 bridgehead atoms. The molecule has 12 aromatic rings. The first-order valence-corrected chi connectivity index (χ1v) is 21.2. The van der Waals surface area contributed by atoms with E-state index in [-0.39, 0.29) is 5.41 Å². The molecule has 13 rings (SSSR count). The van der Waals surface area contributed by atoms with E-state index in [2.05, 4.69) is 181 Å². The molecule has 0 atom stereocenters. The highest BCUT2D eigenvalue weighted by atomic mass is 15.3. The fraction of sp³-hybridized carbons (Fsp3) is 0.0545. The van der Waals surface area contributed by atoms with Crippen LogP contribution in [0.5, 0.6) is 0 Å². The maximum absolute atomic E-state index is 5.49. The molecule has 7 aromatic carbocycles.